The zero-order valence-electron chi connectivity index (χ0n) is 14.5. The van der Waals surface area contributed by atoms with E-state index in [1.165, 1.54) is 0 Å². The molecule has 1 aromatic rings. The molecule has 0 aliphatic carbocycles. The Morgan fingerprint density at radius 3 is 2.52 bits per heavy atom. The van der Waals surface area contributed by atoms with Crippen LogP contribution in [-0.2, 0) is 25.7 Å². The first-order valence-corrected chi connectivity index (χ1v) is 8.80. The van der Waals surface area contributed by atoms with E-state index in [1.54, 1.807) is 4.90 Å². The Kier molecular flexibility index (Phi) is 5.39. The van der Waals surface area contributed by atoms with Crippen LogP contribution in [0.15, 0.2) is 30.3 Å². The minimum absolute atomic E-state index is 0.0486. The summed E-state index contributed by atoms with van der Waals surface area (Å²) in [6, 6.07) is 9.76. The molecule has 2 heterocycles. The van der Waals surface area contributed by atoms with E-state index in [2.05, 4.69) is 0 Å². The van der Waals surface area contributed by atoms with Crippen molar-refractivity contribution in [3.05, 3.63) is 35.9 Å². The standard InChI is InChI=1S/C19H25NO5/c1-14-11-20(12-16(14)17(21)22)18(23)19(7-9-24-10-8-19)25-13-15-5-3-2-4-6-15/h2-6,14,16H,7-13H2,1H3,(H,21,22)/t14-,16-/m1/s1. The summed E-state index contributed by atoms with van der Waals surface area (Å²) in [6.45, 7) is 3.92. The van der Waals surface area contributed by atoms with Gasteiger partial charge in [-0.15, -0.1) is 0 Å². The summed E-state index contributed by atoms with van der Waals surface area (Å²) in [4.78, 5) is 26.2. The predicted molar refractivity (Wildman–Crippen MR) is 90.9 cm³/mol. The van der Waals surface area contributed by atoms with Gasteiger partial charge in [-0.05, 0) is 11.5 Å². The Balaban J connectivity index is 1.73. The molecule has 2 atom stereocenters. The van der Waals surface area contributed by atoms with Gasteiger partial charge in [0.05, 0.1) is 12.5 Å². The van der Waals surface area contributed by atoms with E-state index >= 15 is 0 Å². The SMILES string of the molecule is C[C@@H]1CN(C(=O)C2(OCc3ccccc3)CCOCC2)C[C@H]1C(=O)O. The molecular weight excluding hydrogens is 322 g/mol. The molecule has 2 saturated heterocycles. The molecule has 3 rings (SSSR count). The predicted octanol–water partition coefficient (Wildman–Crippen LogP) is 1.93. The minimum Gasteiger partial charge on any atom is -0.481 e. The third kappa shape index (κ3) is 3.85. The number of hydrogen-bond acceptors (Lipinski definition) is 4. The molecule has 2 fully saturated rings. The lowest BCUT2D eigenvalue weighted by Crippen LogP contribution is -2.53. The van der Waals surface area contributed by atoms with Gasteiger partial charge in [-0.2, -0.15) is 0 Å². The Morgan fingerprint density at radius 1 is 1.24 bits per heavy atom. The van der Waals surface area contributed by atoms with Gasteiger partial charge in [-0.25, -0.2) is 0 Å². The topological polar surface area (TPSA) is 76.1 Å². The molecule has 0 unspecified atom stereocenters. The molecule has 2 aliphatic rings. The highest BCUT2D eigenvalue weighted by atomic mass is 16.5. The highest BCUT2D eigenvalue weighted by Gasteiger charge is 2.47. The minimum atomic E-state index is -0.915. The molecule has 0 saturated carbocycles. The summed E-state index contributed by atoms with van der Waals surface area (Å²) >= 11 is 0. The van der Waals surface area contributed by atoms with Crippen LogP contribution in [0.25, 0.3) is 0 Å². The molecule has 0 radical (unpaired) electrons. The van der Waals surface area contributed by atoms with Crippen LogP contribution in [0.1, 0.15) is 25.3 Å². The van der Waals surface area contributed by atoms with Gasteiger partial charge in [0.1, 0.15) is 0 Å². The molecule has 2 aliphatic heterocycles. The largest absolute Gasteiger partial charge is 0.481 e. The summed E-state index contributed by atoms with van der Waals surface area (Å²) < 4.78 is 11.6. The van der Waals surface area contributed by atoms with E-state index in [1.807, 2.05) is 37.3 Å². The Hall–Kier alpha value is -1.92. The molecule has 25 heavy (non-hydrogen) atoms. The van der Waals surface area contributed by atoms with E-state index in [9.17, 15) is 14.7 Å². The third-order valence-corrected chi connectivity index (χ3v) is 5.26. The summed E-state index contributed by atoms with van der Waals surface area (Å²) in [5.74, 6) is -1.49. The fourth-order valence-electron chi connectivity index (χ4n) is 3.66. The number of amides is 1. The van der Waals surface area contributed by atoms with Gasteiger partial charge in [-0.3, -0.25) is 9.59 Å². The van der Waals surface area contributed by atoms with Gasteiger partial charge in [-0.1, -0.05) is 37.3 Å². The van der Waals surface area contributed by atoms with E-state index in [4.69, 9.17) is 9.47 Å². The van der Waals surface area contributed by atoms with Crippen molar-refractivity contribution in [2.24, 2.45) is 11.8 Å². The summed E-state index contributed by atoms with van der Waals surface area (Å²) in [5.41, 5.74) is 0.0978. The van der Waals surface area contributed by atoms with E-state index in [0.717, 1.165) is 5.56 Å². The number of aliphatic carboxylic acids is 1. The molecule has 6 heteroatoms. The van der Waals surface area contributed by atoms with Gasteiger partial charge in [0.15, 0.2) is 5.60 Å². The maximum Gasteiger partial charge on any atom is 0.308 e. The van der Waals surface area contributed by atoms with Crippen LogP contribution in [0.3, 0.4) is 0 Å². The van der Waals surface area contributed by atoms with Gasteiger partial charge in [0, 0.05) is 39.1 Å². The van der Waals surface area contributed by atoms with Crippen LogP contribution in [-0.4, -0.2) is 53.8 Å². The molecule has 1 aromatic carbocycles. The fourth-order valence-corrected chi connectivity index (χ4v) is 3.66. The number of likely N-dealkylation sites (tertiary alicyclic amines) is 1. The zero-order valence-corrected chi connectivity index (χ0v) is 14.5. The average Bonchev–Trinajstić information content (AvgIpc) is 3.03. The van der Waals surface area contributed by atoms with E-state index in [-0.39, 0.29) is 18.4 Å². The van der Waals surface area contributed by atoms with Crippen LogP contribution >= 0.6 is 0 Å². The number of nitrogens with zero attached hydrogens (tertiary/aromatic N) is 1. The van der Waals surface area contributed by atoms with Gasteiger partial charge in [0.25, 0.3) is 5.91 Å². The smallest absolute Gasteiger partial charge is 0.308 e. The van der Waals surface area contributed by atoms with Gasteiger partial charge >= 0.3 is 5.97 Å². The van der Waals surface area contributed by atoms with Crippen molar-refractivity contribution >= 4 is 11.9 Å². The van der Waals surface area contributed by atoms with Crippen molar-refractivity contribution in [3.63, 3.8) is 0 Å². The number of benzene rings is 1. The first kappa shape index (κ1) is 17.9. The number of carbonyl (C=O) groups is 2. The Labute approximate surface area is 147 Å². The lowest BCUT2D eigenvalue weighted by atomic mass is 9.92. The zero-order chi connectivity index (χ0) is 17.9. The summed E-state index contributed by atoms with van der Waals surface area (Å²) in [6.07, 6.45) is 1.00. The van der Waals surface area contributed by atoms with Gasteiger partial charge in [0.2, 0.25) is 0 Å². The van der Waals surface area contributed by atoms with Crippen LogP contribution in [0.2, 0.25) is 0 Å². The summed E-state index contributed by atoms with van der Waals surface area (Å²) in [5, 5.41) is 9.32. The number of carboxylic acids is 1. The average molecular weight is 347 g/mol. The number of hydrogen-bond donors (Lipinski definition) is 1. The van der Waals surface area contributed by atoms with Gasteiger partial charge < -0.3 is 19.5 Å². The second-order valence-corrected chi connectivity index (χ2v) is 7.01. The normalized spacial score (nSPS) is 25.7. The molecule has 0 aromatic heterocycles. The quantitative estimate of drug-likeness (QED) is 0.881. The van der Waals surface area contributed by atoms with Crippen molar-refractivity contribution in [1.82, 2.24) is 4.90 Å². The monoisotopic (exact) mass is 347 g/mol. The number of rotatable bonds is 5. The Bertz CT molecular complexity index is 612. The maximum atomic E-state index is 13.2. The summed E-state index contributed by atoms with van der Waals surface area (Å²) in [7, 11) is 0. The Morgan fingerprint density at radius 2 is 1.92 bits per heavy atom. The molecule has 1 N–H and O–H groups in total. The molecule has 0 bridgehead atoms. The number of ether oxygens (including phenoxy) is 2. The first-order valence-electron chi connectivity index (χ1n) is 8.80. The lowest BCUT2D eigenvalue weighted by Gasteiger charge is -2.38. The second-order valence-electron chi connectivity index (χ2n) is 7.01. The van der Waals surface area contributed by atoms with Crippen molar-refractivity contribution in [3.8, 4) is 0 Å². The van der Waals surface area contributed by atoms with Crippen molar-refractivity contribution in [2.75, 3.05) is 26.3 Å². The van der Waals surface area contributed by atoms with Crippen molar-refractivity contribution in [2.45, 2.75) is 32.0 Å². The van der Waals surface area contributed by atoms with E-state index in [0.29, 0.717) is 39.2 Å². The van der Waals surface area contributed by atoms with Crippen LogP contribution in [0.5, 0.6) is 0 Å². The number of carboxylic acid groups (broad SMARTS) is 1. The van der Waals surface area contributed by atoms with E-state index < -0.39 is 17.5 Å². The highest BCUT2D eigenvalue weighted by Crippen LogP contribution is 2.32. The second kappa shape index (κ2) is 7.54. The maximum absolute atomic E-state index is 13.2. The molecular formula is C19H25NO5. The van der Waals surface area contributed by atoms with Crippen LogP contribution < -0.4 is 0 Å². The molecule has 1 amide bonds. The van der Waals surface area contributed by atoms with Crippen molar-refractivity contribution in [1.29, 1.82) is 0 Å². The molecule has 6 nitrogen and oxygen atoms in total. The molecule has 0 spiro atoms. The molecule has 136 valence electrons. The first-order chi connectivity index (χ1) is 12.0. The fraction of sp³-hybridized carbons (Fsp3) is 0.579. The number of carbonyl (C=O) groups excluding carboxylic acids is 1. The highest BCUT2D eigenvalue weighted by molar-refractivity contribution is 5.86. The van der Waals surface area contributed by atoms with Crippen LogP contribution in [0.4, 0.5) is 0 Å². The van der Waals surface area contributed by atoms with Crippen molar-refractivity contribution < 1.29 is 24.2 Å². The third-order valence-electron chi connectivity index (χ3n) is 5.26. The van der Waals surface area contributed by atoms with Crippen LogP contribution in [0, 0.1) is 11.8 Å². The lowest BCUT2D eigenvalue weighted by molar-refractivity contribution is -0.173.